The maximum absolute atomic E-state index is 3.54. The first-order chi connectivity index (χ1) is 7.69. The molecule has 1 N–H and O–H groups in total. The van der Waals surface area contributed by atoms with Gasteiger partial charge in [-0.25, -0.2) is 0 Å². The first-order valence-corrected chi connectivity index (χ1v) is 6.21. The third-order valence-electron chi connectivity index (χ3n) is 3.11. The highest BCUT2D eigenvalue weighted by molar-refractivity contribution is 5.56. The molecular formula is C14H24N2. The van der Waals surface area contributed by atoms with E-state index in [0.29, 0.717) is 0 Å². The van der Waals surface area contributed by atoms with Crippen molar-refractivity contribution in [3.05, 3.63) is 29.3 Å². The molecule has 0 aliphatic rings. The molecule has 0 aromatic heterocycles. The van der Waals surface area contributed by atoms with Gasteiger partial charge >= 0.3 is 0 Å². The number of aryl methyl sites for hydroxylation is 2. The van der Waals surface area contributed by atoms with E-state index in [1.54, 1.807) is 0 Å². The molecule has 90 valence electrons. The van der Waals surface area contributed by atoms with E-state index < -0.39 is 0 Å². The van der Waals surface area contributed by atoms with Crippen LogP contribution in [0.1, 0.15) is 25.0 Å². The van der Waals surface area contributed by atoms with Crippen molar-refractivity contribution in [3.63, 3.8) is 0 Å². The maximum Gasteiger partial charge on any atom is 0.0400 e. The molecule has 0 fully saturated rings. The van der Waals surface area contributed by atoms with Crippen LogP contribution in [-0.4, -0.2) is 31.1 Å². The van der Waals surface area contributed by atoms with Gasteiger partial charge in [0.1, 0.15) is 0 Å². The van der Waals surface area contributed by atoms with Crippen LogP contribution in [0, 0.1) is 13.8 Å². The Hall–Kier alpha value is -1.02. The van der Waals surface area contributed by atoms with Crippen LogP contribution in [-0.2, 0) is 0 Å². The third kappa shape index (κ3) is 3.53. The predicted molar refractivity (Wildman–Crippen MR) is 72.2 cm³/mol. The lowest BCUT2D eigenvalue weighted by molar-refractivity contribution is 0.316. The average molecular weight is 220 g/mol. The van der Waals surface area contributed by atoms with E-state index in [9.17, 15) is 0 Å². The maximum atomic E-state index is 3.54. The largest absolute Gasteiger partial charge is 0.383 e. The molecule has 0 saturated carbocycles. The summed E-state index contributed by atoms with van der Waals surface area (Å²) in [5.74, 6) is 0. The van der Waals surface area contributed by atoms with Crippen molar-refractivity contribution in [2.75, 3.05) is 31.5 Å². The molecule has 1 aromatic carbocycles. The van der Waals surface area contributed by atoms with Gasteiger partial charge in [-0.1, -0.05) is 32.0 Å². The van der Waals surface area contributed by atoms with Crippen LogP contribution in [0.3, 0.4) is 0 Å². The van der Waals surface area contributed by atoms with Gasteiger partial charge in [0.15, 0.2) is 0 Å². The molecule has 0 spiro atoms. The van der Waals surface area contributed by atoms with Crippen molar-refractivity contribution in [2.45, 2.75) is 27.7 Å². The van der Waals surface area contributed by atoms with E-state index >= 15 is 0 Å². The summed E-state index contributed by atoms with van der Waals surface area (Å²) in [6, 6.07) is 6.43. The van der Waals surface area contributed by atoms with Crippen molar-refractivity contribution < 1.29 is 0 Å². The summed E-state index contributed by atoms with van der Waals surface area (Å²) in [5.41, 5.74) is 3.97. The summed E-state index contributed by atoms with van der Waals surface area (Å²) in [6.45, 7) is 13.1. The Morgan fingerprint density at radius 2 is 1.62 bits per heavy atom. The lowest BCUT2D eigenvalue weighted by atomic mass is 10.1. The van der Waals surface area contributed by atoms with Crippen LogP contribution >= 0.6 is 0 Å². The van der Waals surface area contributed by atoms with Crippen molar-refractivity contribution in [3.8, 4) is 0 Å². The average Bonchev–Trinajstić information content (AvgIpc) is 2.28. The van der Waals surface area contributed by atoms with E-state index in [4.69, 9.17) is 0 Å². The Kier molecular flexibility index (Phi) is 5.33. The lowest BCUT2D eigenvalue weighted by Crippen LogP contribution is -2.28. The highest BCUT2D eigenvalue weighted by atomic mass is 15.1. The molecule has 0 amide bonds. The first kappa shape index (κ1) is 13.0. The number of nitrogens with zero attached hydrogens (tertiary/aromatic N) is 1. The van der Waals surface area contributed by atoms with E-state index in [2.05, 4.69) is 56.1 Å². The van der Waals surface area contributed by atoms with E-state index in [1.165, 1.54) is 16.8 Å². The standard InChI is InChI=1S/C14H24N2/c1-5-16(6-2)11-10-15-14-12(3)8-7-9-13(14)4/h7-9,15H,5-6,10-11H2,1-4H3. The van der Waals surface area contributed by atoms with Crippen molar-refractivity contribution >= 4 is 5.69 Å². The van der Waals surface area contributed by atoms with Gasteiger partial charge in [0.25, 0.3) is 0 Å². The van der Waals surface area contributed by atoms with Crippen LogP contribution in [0.5, 0.6) is 0 Å². The number of nitrogens with one attached hydrogen (secondary N) is 1. The molecule has 0 radical (unpaired) electrons. The summed E-state index contributed by atoms with van der Waals surface area (Å²) in [5, 5.41) is 3.54. The fourth-order valence-corrected chi connectivity index (χ4v) is 1.97. The number of likely N-dealkylation sites (N-methyl/N-ethyl adjacent to an activating group) is 1. The van der Waals surface area contributed by atoms with Gasteiger partial charge in [0, 0.05) is 18.8 Å². The Morgan fingerprint density at radius 3 is 2.12 bits per heavy atom. The number of hydrogen-bond donors (Lipinski definition) is 1. The van der Waals surface area contributed by atoms with E-state index in [0.717, 1.165) is 26.2 Å². The molecule has 2 heteroatoms. The van der Waals surface area contributed by atoms with E-state index in [-0.39, 0.29) is 0 Å². The molecule has 0 heterocycles. The van der Waals surface area contributed by atoms with Gasteiger partial charge in [-0.05, 0) is 38.1 Å². The highest BCUT2D eigenvalue weighted by Gasteiger charge is 2.02. The topological polar surface area (TPSA) is 15.3 Å². The Balaban J connectivity index is 2.48. The van der Waals surface area contributed by atoms with Crippen LogP contribution in [0.15, 0.2) is 18.2 Å². The van der Waals surface area contributed by atoms with E-state index in [1.807, 2.05) is 0 Å². The number of benzene rings is 1. The van der Waals surface area contributed by atoms with Crippen molar-refractivity contribution in [2.24, 2.45) is 0 Å². The highest BCUT2D eigenvalue weighted by Crippen LogP contribution is 2.18. The van der Waals surface area contributed by atoms with Crippen molar-refractivity contribution in [1.82, 2.24) is 4.90 Å². The molecule has 1 rings (SSSR count). The monoisotopic (exact) mass is 220 g/mol. The molecule has 1 aromatic rings. The summed E-state index contributed by atoms with van der Waals surface area (Å²) >= 11 is 0. The summed E-state index contributed by atoms with van der Waals surface area (Å²) in [4.78, 5) is 2.43. The Labute approximate surface area is 99.7 Å². The minimum absolute atomic E-state index is 1.02. The second kappa shape index (κ2) is 6.54. The summed E-state index contributed by atoms with van der Waals surface area (Å²) in [7, 11) is 0. The molecule has 0 atom stereocenters. The zero-order valence-corrected chi connectivity index (χ0v) is 11.0. The zero-order chi connectivity index (χ0) is 12.0. The minimum atomic E-state index is 1.02. The smallest absolute Gasteiger partial charge is 0.0400 e. The first-order valence-electron chi connectivity index (χ1n) is 6.21. The normalized spacial score (nSPS) is 10.8. The molecular weight excluding hydrogens is 196 g/mol. The molecule has 0 saturated heterocycles. The number of anilines is 1. The second-order valence-corrected chi connectivity index (χ2v) is 4.22. The molecule has 0 aliphatic carbocycles. The molecule has 0 unspecified atom stereocenters. The third-order valence-corrected chi connectivity index (χ3v) is 3.11. The van der Waals surface area contributed by atoms with Crippen LogP contribution < -0.4 is 5.32 Å². The second-order valence-electron chi connectivity index (χ2n) is 4.22. The Bertz CT molecular complexity index is 296. The quantitative estimate of drug-likeness (QED) is 0.792. The molecule has 16 heavy (non-hydrogen) atoms. The fraction of sp³-hybridized carbons (Fsp3) is 0.571. The number of para-hydroxylation sites is 1. The van der Waals surface area contributed by atoms with Gasteiger partial charge < -0.3 is 10.2 Å². The van der Waals surface area contributed by atoms with Crippen LogP contribution in [0.4, 0.5) is 5.69 Å². The number of rotatable bonds is 6. The minimum Gasteiger partial charge on any atom is -0.383 e. The summed E-state index contributed by atoms with van der Waals surface area (Å²) in [6.07, 6.45) is 0. The van der Waals surface area contributed by atoms with Gasteiger partial charge in [-0.3, -0.25) is 0 Å². The van der Waals surface area contributed by atoms with Gasteiger partial charge in [0.2, 0.25) is 0 Å². The van der Waals surface area contributed by atoms with Crippen LogP contribution in [0.2, 0.25) is 0 Å². The molecule has 0 aliphatic heterocycles. The van der Waals surface area contributed by atoms with Crippen molar-refractivity contribution in [1.29, 1.82) is 0 Å². The summed E-state index contributed by atoms with van der Waals surface area (Å²) < 4.78 is 0. The van der Waals surface area contributed by atoms with Gasteiger partial charge in [-0.15, -0.1) is 0 Å². The zero-order valence-electron chi connectivity index (χ0n) is 11.0. The molecule has 2 nitrogen and oxygen atoms in total. The SMILES string of the molecule is CCN(CC)CCNc1c(C)cccc1C. The fourth-order valence-electron chi connectivity index (χ4n) is 1.97. The van der Waals surface area contributed by atoms with Gasteiger partial charge in [-0.2, -0.15) is 0 Å². The number of hydrogen-bond acceptors (Lipinski definition) is 2. The lowest BCUT2D eigenvalue weighted by Gasteiger charge is -2.19. The molecule has 0 bridgehead atoms. The van der Waals surface area contributed by atoms with Gasteiger partial charge in [0.05, 0.1) is 0 Å². The Morgan fingerprint density at radius 1 is 1.06 bits per heavy atom. The van der Waals surface area contributed by atoms with Crippen LogP contribution in [0.25, 0.3) is 0 Å². The predicted octanol–water partition coefficient (Wildman–Crippen LogP) is 3.06.